The highest BCUT2D eigenvalue weighted by Gasteiger charge is 2.32. The molecule has 17 heavy (non-hydrogen) atoms. The predicted molar refractivity (Wildman–Crippen MR) is 51.7 cm³/mol. The quantitative estimate of drug-likeness (QED) is 0.808. The van der Waals surface area contributed by atoms with Gasteiger partial charge >= 0.3 is 6.36 Å². The Kier molecular flexibility index (Phi) is 4.30. The summed E-state index contributed by atoms with van der Waals surface area (Å²) in [4.78, 5) is 0. The van der Waals surface area contributed by atoms with E-state index in [1.54, 1.807) is 0 Å². The molecule has 0 aliphatic heterocycles. The largest absolute Gasteiger partial charge is 0.573 e. The number of hydrogen-bond acceptors (Lipinski definition) is 3. The third-order valence-electron chi connectivity index (χ3n) is 2.05. The van der Waals surface area contributed by atoms with Crippen molar-refractivity contribution in [3.05, 3.63) is 29.6 Å². The van der Waals surface area contributed by atoms with Crippen molar-refractivity contribution in [1.82, 2.24) is 0 Å². The lowest BCUT2D eigenvalue weighted by atomic mass is 10.0. The minimum atomic E-state index is -4.93. The van der Waals surface area contributed by atoms with Crippen LogP contribution in [0.2, 0.25) is 0 Å². The molecule has 7 heteroatoms. The minimum Gasteiger partial charge on any atom is -0.403 e. The number of halogens is 4. The summed E-state index contributed by atoms with van der Waals surface area (Å²) in [5, 5.41) is 8.63. The van der Waals surface area contributed by atoms with Crippen LogP contribution in [0, 0.1) is 5.82 Å². The summed E-state index contributed by atoms with van der Waals surface area (Å²) in [6.45, 7) is -0.191. The average Bonchev–Trinajstić information content (AvgIpc) is 2.19. The van der Waals surface area contributed by atoms with Gasteiger partial charge in [-0.3, -0.25) is 0 Å². The second-order valence-corrected chi connectivity index (χ2v) is 3.36. The minimum absolute atomic E-state index is 0.191. The number of rotatable bonds is 4. The van der Waals surface area contributed by atoms with Gasteiger partial charge in [-0.25, -0.2) is 4.39 Å². The van der Waals surface area contributed by atoms with E-state index in [9.17, 15) is 17.6 Å². The summed E-state index contributed by atoms with van der Waals surface area (Å²) in [6, 6.07) is 2.32. The fourth-order valence-corrected chi connectivity index (χ4v) is 1.26. The van der Waals surface area contributed by atoms with Crippen LogP contribution >= 0.6 is 0 Å². The summed E-state index contributed by atoms with van der Waals surface area (Å²) in [5.41, 5.74) is 5.86. The molecule has 0 radical (unpaired) electrons. The molecular formula is C10H11F4NO2. The first-order valence-corrected chi connectivity index (χ1v) is 4.75. The van der Waals surface area contributed by atoms with Crippen LogP contribution in [0.5, 0.6) is 5.75 Å². The van der Waals surface area contributed by atoms with Crippen LogP contribution in [-0.2, 0) is 0 Å². The SMILES string of the molecule is N[C@H](CCO)c1ccc(OC(F)(F)F)c(F)c1. The van der Waals surface area contributed by atoms with E-state index in [1.165, 1.54) is 6.07 Å². The Morgan fingerprint density at radius 2 is 2.00 bits per heavy atom. The number of ether oxygens (including phenoxy) is 1. The van der Waals surface area contributed by atoms with E-state index in [2.05, 4.69) is 4.74 Å². The normalized spacial score (nSPS) is 13.5. The van der Waals surface area contributed by atoms with Crippen LogP contribution in [0.4, 0.5) is 17.6 Å². The standard InChI is InChI=1S/C10H11F4NO2/c11-7-5-6(8(15)3-4-16)1-2-9(7)17-10(12,13)14/h1-2,5,8,16H,3-4,15H2/t8-/m1/s1. The van der Waals surface area contributed by atoms with Gasteiger partial charge in [0.15, 0.2) is 11.6 Å². The molecule has 1 aromatic rings. The maximum absolute atomic E-state index is 13.2. The van der Waals surface area contributed by atoms with E-state index in [-0.39, 0.29) is 13.0 Å². The molecule has 1 rings (SSSR count). The number of benzene rings is 1. The van der Waals surface area contributed by atoms with Crippen LogP contribution in [0.15, 0.2) is 18.2 Å². The van der Waals surface area contributed by atoms with Crippen LogP contribution in [0.3, 0.4) is 0 Å². The van der Waals surface area contributed by atoms with Gasteiger partial charge < -0.3 is 15.6 Å². The van der Waals surface area contributed by atoms with E-state index in [0.29, 0.717) is 5.56 Å². The van der Waals surface area contributed by atoms with Gasteiger partial charge in [0.2, 0.25) is 0 Å². The molecule has 96 valence electrons. The Morgan fingerprint density at radius 3 is 2.47 bits per heavy atom. The average molecular weight is 253 g/mol. The van der Waals surface area contributed by atoms with Crippen molar-refractivity contribution in [2.24, 2.45) is 5.73 Å². The van der Waals surface area contributed by atoms with Gasteiger partial charge in [-0.15, -0.1) is 13.2 Å². The van der Waals surface area contributed by atoms with Crippen molar-refractivity contribution in [3.63, 3.8) is 0 Å². The molecule has 0 aliphatic rings. The molecule has 0 saturated carbocycles. The summed E-state index contributed by atoms with van der Waals surface area (Å²) < 4.78 is 52.3. The first-order valence-electron chi connectivity index (χ1n) is 4.75. The number of alkyl halides is 3. The molecule has 1 atom stereocenters. The summed E-state index contributed by atoms with van der Waals surface area (Å²) >= 11 is 0. The van der Waals surface area contributed by atoms with Gasteiger partial charge in [0.25, 0.3) is 0 Å². The third kappa shape index (κ3) is 4.20. The van der Waals surface area contributed by atoms with Gasteiger partial charge in [-0.1, -0.05) is 6.07 Å². The Balaban J connectivity index is 2.86. The summed E-state index contributed by atoms with van der Waals surface area (Å²) in [6.07, 6.45) is -4.74. The highest BCUT2D eigenvalue weighted by atomic mass is 19.4. The Labute approximate surface area is 94.8 Å². The molecule has 0 aliphatic carbocycles. The first-order chi connectivity index (χ1) is 7.83. The number of aliphatic hydroxyl groups is 1. The molecule has 0 saturated heterocycles. The zero-order valence-corrected chi connectivity index (χ0v) is 8.67. The second kappa shape index (κ2) is 5.33. The van der Waals surface area contributed by atoms with Crippen molar-refractivity contribution in [3.8, 4) is 5.75 Å². The molecule has 0 unspecified atom stereocenters. The highest BCUT2D eigenvalue weighted by molar-refractivity contribution is 5.31. The molecule has 0 fully saturated rings. The topological polar surface area (TPSA) is 55.5 Å². The monoisotopic (exact) mass is 253 g/mol. The van der Waals surface area contributed by atoms with Crippen molar-refractivity contribution < 1.29 is 27.4 Å². The number of aliphatic hydroxyl groups excluding tert-OH is 1. The van der Waals surface area contributed by atoms with Crippen LogP contribution in [-0.4, -0.2) is 18.1 Å². The summed E-state index contributed by atoms with van der Waals surface area (Å²) in [5.74, 6) is -2.05. The van der Waals surface area contributed by atoms with E-state index >= 15 is 0 Å². The van der Waals surface area contributed by atoms with E-state index < -0.39 is 24.0 Å². The number of hydrogen-bond donors (Lipinski definition) is 2. The molecule has 0 spiro atoms. The predicted octanol–water partition coefficient (Wildman–Crippen LogP) is 2.11. The molecule has 3 N–H and O–H groups in total. The molecule has 0 aromatic heterocycles. The van der Waals surface area contributed by atoms with Gasteiger partial charge in [0.1, 0.15) is 0 Å². The van der Waals surface area contributed by atoms with E-state index in [1.807, 2.05) is 0 Å². The van der Waals surface area contributed by atoms with Crippen molar-refractivity contribution in [2.75, 3.05) is 6.61 Å². The zero-order chi connectivity index (χ0) is 13.1. The third-order valence-corrected chi connectivity index (χ3v) is 2.05. The molecule has 0 amide bonds. The van der Waals surface area contributed by atoms with Crippen LogP contribution in [0.1, 0.15) is 18.0 Å². The maximum atomic E-state index is 13.2. The first kappa shape index (κ1) is 13.7. The Hall–Kier alpha value is -1.34. The molecule has 3 nitrogen and oxygen atoms in total. The van der Waals surface area contributed by atoms with E-state index in [0.717, 1.165) is 12.1 Å². The lowest BCUT2D eigenvalue weighted by Crippen LogP contribution is -2.18. The van der Waals surface area contributed by atoms with Crippen molar-refractivity contribution in [2.45, 2.75) is 18.8 Å². The van der Waals surface area contributed by atoms with E-state index in [4.69, 9.17) is 10.8 Å². The zero-order valence-electron chi connectivity index (χ0n) is 8.67. The lowest BCUT2D eigenvalue weighted by Gasteiger charge is -2.13. The van der Waals surface area contributed by atoms with Gasteiger partial charge in [-0.05, 0) is 24.1 Å². The van der Waals surface area contributed by atoms with Crippen LogP contribution in [0.25, 0.3) is 0 Å². The molecule has 1 aromatic carbocycles. The van der Waals surface area contributed by atoms with Crippen molar-refractivity contribution >= 4 is 0 Å². The second-order valence-electron chi connectivity index (χ2n) is 3.36. The Bertz CT molecular complexity index is 381. The maximum Gasteiger partial charge on any atom is 0.573 e. The fourth-order valence-electron chi connectivity index (χ4n) is 1.26. The smallest absolute Gasteiger partial charge is 0.403 e. The van der Waals surface area contributed by atoms with Gasteiger partial charge in [0, 0.05) is 12.6 Å². The lowest BCUT2D eigenvalue weighted by molar-refractivity contribution is -0.275. The molecule has 0 heterocycles. The van der Waals surface area contributed by atoms with Gasteiger partial charge in [-0.2, -0.15) is 0 Å². The molecule has 0 bridgehead atoms. The highest BCUT2D eigenvalue weighted by Crippen LogP contribution is 2.27. The molecular weight excluding hydrogens is 242 g/mol. The van der Waals surface area contributed by atoms with Crippen molar-refractivity contribution in [1.29, 1.82) is 0 Å². The van der Waals surface area contributed by atoms with Crippen LogP contribution < -0.4 is 10.5 Å². The Morgan fingerprint density at radius 1 is 1.35 bits per heavy atom. The number of nitrogens with two attached hydrogens (primary N) is 1. The summed E-state index contributed by atoms with van der Waals surface area (Å²) in [7, 11) is 0. The fraction of sp³-hybridized carbons (Fsp3) is 0.400. The van der Waals surface area contributed by atoms with Gasteiger partial charge in [0.05, 0.1) is 0 Å².